The van der Waals surface area contributed by atoms with Crippen LogP contribution in [0.2, 0.25) is 0 Å². The Morgan fingerprint density at radius 2 is 1.07 bits per heavy atom. The van der Waals surface area contributed by atoms with Crippen LogP contribution >= 0.6 is 0 Å². The summed E-state index contributed by atoms with van der Waals surface area (Å²) in [4.78, 5) is 2.35. The molecule has 0 aliphatic rings. The van der Waals surface area contributed by atoms with Gasteiger partial charge in [-0.3, -0.25) is 0 Å². The van der Waals surface area contributed by atoms with E-state index in [4.69, 9.17) is 0 Å². The van der Waals surface area contributed by atoms with Gasteiger partial charge in [-0.25, -0.2) is 0 Å². The lowest BCUT2D eigenvalue weighted by Crippen LogP contribution is -2.29. The molecule has 0 spiro atoms. The van der Waals surface area contributed by atoms with E-state index in [9.17, 15) is 0 Å². The summed E-state index contributed by atoms with van der Waals surface area (Å²) in [6.45, 7) is 8.94. The first-order chi connectivity index (χ1) is 27.6. The number of nitrogens with zero attached hydrogens (tertiary/aromatic N) is 2. The van der Waals surface area contributed by atoms with E-state index in [-0.39, 0.29) is 0 Å². The highest BCUT2D eigenvalue weighted by Gasteiger charge is 2.18. The van der Waals surface area contributed by atoms with E-state index in [0.717, 1.165) is 29.9 Å². The summed E-state index contributed by atoms with van der Waals surface area (Å²) in [5, 5.41) is 8.88. The Kier molecular flexibility index (Phi) is 9.33. The van der Waals surface area contributed by atoms with Crippen molar-refractivity contribution < 1.29 is 0 Å². The Balaban J connectivity index is 1.18. The van der Waals surface area contributed by atoms with Crippen LogP contribution in [0, 0.1) is 6.92 Å². The number of anilines is 3. The van der Waals surface area contributed by atoms with E-state index in [0.29, 0.717) is 0 Å². The average molecular weight is 723 g/mol. The lowest BCUT2D eigenvalue weighted by molar-refractivity contribution is 0.947. The van der Waals surface area contributed by atoms with Crippen LogP contribution in [-0.4, -0.2) is 4.57 Å². The monoisotopic (exact) mass is 722 g/mol. The van der Waals surface area contributed by atoms with Gasteiger partial charge in [0.1, 0.15) is 0 Å². The van der Waals surface area contributed by atoms with Gasteiger partial charge in [-0.05, 0) is 141 Å². The number of hydrogen-bond donors (Lipinski definition) is 0. The highest BCUT2D eigenvalue weighted by molar-refractivity contribution is 6.06. The molecule has 0 amide bonds. The van der Waals surface area contributed by atoms with Gasteiger partial charge in [0, 0.05) is 33.8 Å². The van der Waals surface area contributed by atoms with E-state index in [1.54, 1.807) is 0 Å². The molecule has 2 nitrogen and oxygen atoms in total. The second kappa shape index (κ2) is 14.9. The van der Waals surface area contributed by atoms with Crippen molar-refractivity contribution in [3.8, 4) is 27.9 Å². The van der Waals surface area contributed by atoms with Crippen LogP contribution in [-0.2, 0) is 6.42 Å². The maximum absolute atomic E-state index is 2.45. The minimum absolute atomic E-state index is 0.937. The smallest absolute Gasteiger partial charge is 0.0534 e. The highest BCUT2D eigenvalue weighted by atomic mass is 15.1. The van der Waals surface area contributed by atoms with Crippen molar-refractivity contribution in [3.63, 3.8) is 0 Å². The van der Waals surface area contributed by atoms with Crippen LogP contribution < -0.4 is 15.3 Å². The molecule has 0 atom stereocenters. The molecular formula is C54H46N2. The molecule has 1 heterocycles. The molecule has 0 aliphatic heterocycles. The van der Waals surface area contributed by atoms with E-state index in [2.05, 4.69) is 219 Å². The molecule has 0 aliphatic carbocycles. The van der Waals surface area contributed by atoms with Crippen LogP contribution in [0.3, 0.4) is 0 Å². The molecule has 8 aromatic carbocycles. The maximum Gasteiger partial charge on any atom is 0.0534 e. The fourth-order valence-corrected chi connectivity index (χ4v) is 8.88. The predicted octanol–water partition coefficient (Wildman–Crippen LogP) is 13.6. The Morgan fingerprint density at radius 3 is 1.73 bits per heavy atom. The second-order valence-corrected chi connectivity index (χ2v) is 14.6. The van der Waals surface area contributed by atoms with Crippen molar-refractivity contribution in [1.29, 1.82) is 0 Å². The lowest BCUT2D eigenvalue weighted by Gasteiger charge is -2.26. The van der Waals surface area contributed by atoms with E-state index >= 15 is 0 Å². The summed E-state index contributed by atoms with van der Waals surface area (Å²) >= 11 is 0. The lowest BCUT2D eigenvalue weighted by atomic mass is 9.87. The summed E-state index contributed by atoms with van der Waals surface area (Å²) in [5.74, 6) is 0. The Bertz CT molecular complexity index is 2990. The molecule has 0 fully saturated rings. The molecule has 0 bridgehead atoms. The number of benzene rings is 8. The van der Waals surface area contributed by atoms with Crippen molar-refractivity contribution >= 4 is 61.7 Å². The second-order valence-electron chi connectivity index (χ2n) is 14.6. The number of para-hydroxylation sites is 2. The summed E-state index contributed by atoms with van der Waals surface area (Å²) in [6, 6.07) is 62.1. The zero-order chi connectivity index (χ0) is 38.2. The van der Waals surface area contributed by atoms with Crippen LogP contribution in [0.15, 0.2) is 170 Å². The normalized spacial score (nSPS) is 12.3. The molecule has 0 N–H and O–H groups in total. The van der Waals surface area contributed by atoms with Gasteiger partial charge < -0.3 is 9.47 Å². The van der Waals surface area contributed by atoms with Crippen molar-refractivity contribution in [2.45, 2.75) is 40.5 Å². The van der Waals surface area contributed by atoms with E-state index < -0.39 is 0 Å². The SMILES string of the molecule is C/C=c1/c(-c2ccc(-n3c(CC)c(C)c4ccccc43)cc2)c2ccccc2c(-c2ccc(N(c3ccccc3)c3ccc4ccccc4c3)cc2)/c1=C/CC. The number of rotatable bonds is 8. The van der Waals surface area contributed by atoms with Gasteiger partial charge >= 0.3 is 0 Å². The molecule has 2 heteroatoms. The van der Waals surface area contributed by atoms with Crippen LogP contribution in [0.1, 0.15) is 38.4 Å². The van der Waals surface area contributed by atoms with Crippen molar-refractivity contribution in [2.75, 3.05) is 4.90 Å². The predicted molar refractivity (Wildman–Crippen MR) is 242 cm³/mol. The quantitative estimate of drug-likeness (QED) is 0.152. The fourth-order valence-electron chi connectivity index (χ4n) is 8.88. The van der Waals surface area contributed by atoms with Crippen molar-refractivity contribution in [1.82, 2.24) is 4.57 Å². The molecule has 0 saturated carbocycles. The molecule has 0 unspecified atom stereocenters. The van der Waals surface area contributed by atoms with Gasteiger partial charge in [-0.15, -0.1) is 0 Å². The third-order valence-electron chi connectivity index (χ3n) is 11.4. The Labute approximate surface area is 329 Å². The van der Waals surface area contributed by atoms with Gasteiger partial charge in [-0.2, -0.15) is 0 Å². The average Bonchev–Trinajstić information content (AvgIpc) is 3.55. The molecule has 9 aromatic rings. The standard InChI is InChI=1S/C54H46N2/c1-5-17-48-46(6-2)53(39-29-33-44(34-30-39)56-51(7-3)37(4)47-22-15-16-25-52(47)56)49-23-13-14-24-50(49)54(48)40-27-31-43(32-28-40)55(42-20-9-8-10-21-42)45-35-26-38-18-11-12-19-41(38)36-45/h6,8-36H,5,7H2,1-4H3/b46-6+,48-17+. The zero-order valence-electron chi connectivity index (χ0n) is 32.6. The third-order valence-corrected chi connectivity index (χ3v) is 11.4. The number of fused-ring (bicyclic) bond motifs is 3. The fraction of sp³-hybridized carbons (Fsp3) is 0.111. The number of hydrogen-bond acceptors (Lipinski definition) is 1. The van der Waals surface area contributed by atoms with Crippen LogP contribution in [0.4, 0.5) is 17.1 Å². The molecule has 272 valence electrons. The minimum atomic E-state index is 0.937. The van der Waals surface area contributed by atoms with Crippen molar-refractivity contribution in [2.24, 2.45) is 0 Å². The first-order valence-corrected chi connectivity index (χ1v) is 19.9. The minimum Gasteiger partial charge on any atom is -0.313 e. The summed E-state index contributed by atoms with van der Waals surface area (Å²) in [7, 11) is 0. The summed E-state index contributed by atoms with van der Waals surface area (Å²) in [5.41, 5.74) is 13.6. The molecule has 1 aromatic heterocycles. The molecule has 0 saturated heterocycles. The first kappa shape index (κ1) is 35.1. The molecule has 56 heavy (non-hydrogen) atoms. The van der Waals surface area contributed by atoms with Crippen LogP contribution in [0.5, 0.6) is 0 Å². The molecular weight excluding hydrogens is 677 g/mol. The first-order valence-electron chi connectivity index (χ1n) is 19.9. The topological polar surface area (TPSA) is 8.17 Å². The highest BCUT2D eigenvalue weighted by Crippen LogP contribution is 2.38. The van der Waals surface area contributed by atoms with Gasteiger partial charge in [0.15, 0.2) is 0 Å². The van der Waals surface area contributed by atoms with Crippen molar-refractivity contribution in [3.05, 3.63) is 192 Å². The van der Waals surface area contributed by atoms with Gasteiger partial charge in [0.25, 0.3) is 0 Å². The zero-order valence-corrected chi connectivity index (χ0v) is 32.6. The van der Waals surface area contributed by atoms with Gasteiger partial charge in [-0.1, -0.05) is 141 Å². The molecule has 0 radical (unpaired) electrons. The third kappa shape index (κ3) is 5.99. The van der Waals surface area contributed by atoms with E-state index in [1.165, 1.54) is 82.1 Å². The van der Waals surface area contributed by atoms with Gasteiger partial charge in [0.05, 0.1) is 5.52 Å². The maximum atomic E-state index is 2.45. The number of aromatic nitrogens is 1. The van der Waals surface area contributed by atoms with Crippen LogP contribution in [0.25, 0.3) is 72.5 Å². The summed E-state index contributed by atoms with van der Waals surface area (Å²) < 4.78 is 2.45. The Morgan fingerprint density at radius 1 is 0.518 bits per heavy atom. The summed E-state index contributed by atoms with van der Waals surface area (Å²) in [6.07, 6.45) is 6.64. The number of aryl methyl sites for hydroxylation is 1. The largest absolute Gasteiger partial charge is 0.313 e. The Hall–Kier alpha value is -6.64. The van der Waals surface area contributed by atoms with E-state index in [1.807, 2.05) is 0 Å². The van der Waals surface area contributed by atoms with Gasteiger partial charge in [0.2, 0.25) is 0 Å². The molecule has 9 rings (SSSR count).